The van der Waals surface area contributed by atoms with E-state index in [1.54, 1.807) is 11.0 Å². The van der Waals surface area contributed by atoms with E-state index in [0.29, 0.717) is 18.4 Å². The van der Waals surface area contributed by atoms with E-state index >= 15 is 0 Å². The third-order valence-corrected chi connectivity index (χ3v) is 6.36. The van der Waals surface area contributed by atoms with Crippen molar-refractivity contribution in [3.8, 4) is 5.75 Å². The Hall–Kier alpha value is -3.03. The molecule has 2 aromatic carbocycles. The Morgan fingerprint density at radius 3 is 2.27 bits per heavy atom. The maximum Gasteiger partial charge on any atom is 0.573 e. The van der Waals surface area contributed by atoms with Crippen LogP contribution in [0.15, 0.2) is 54.6 Å². The van der Waals surface area contributed by atoms with Crippen LogP contribution in [0.25, 0.3) is 0 Å². The lowest BCUT2D eigenvalue weighted by Crippen LogP contribution is -2.55. The number of nitrogens with zero attached hydrogens (tertiary/aromatic N) is 1. The number of ketones is 1. The third kappa shape index (κ3) is 6.06. The minimum Gasteiger partial charge on any atom is -0.445 e. The van der Waals surface area contributed by atoms with Gasteiger partial charge in [0.1, 0.15) is 18.1 Å². The van der Waals surface area contributed by atoms with E-state index in [4.69, 9.17) is 4.74 Å². The van der Waals surface area contributed by atoms with Crippen LogP contribution in [0.3, 0.4) is 0 Å². The number of fused-ring (bicyclic) bond motifs is 2. The van der Waals surface area contributed by atoms with E-state index in [1.807, 2.05) is 30.3 Å². The first-order valence-corrected chi connectivity index (χ1v) is 11.1. The average Bonchev–Trinajstić information content (AvgIpc) is 2.76. The van der Waals surface area contributed by atoms with E-state index in [-0.39, 0.29) is 48.7 Å². The van der Waals surface area contributed by atoms with Gasteiger partial charge in [-0.3, -0.25) is 4.79 Å². The summed E-state index contributed by atoms with van der Waals surface area (Å²) < 4.78 is 46.9. The maximum atomic E-state index is 13.0. The Morgan fingerprint density at radius 1 is 0.939 bits per heavy atom. The summed E-state index contributed by atoms with van der Waals surface area (Å²) in [6.07, 6.45) is -1.36. The van der Waals surface area contributed by atoms with Gasteiger partial charge in [0, 0.05) is 24.4 Å². The molecule has 5 nitrogen and oxygen atoms in total. The van der Waals surface area contributed by atoms with Crippen molar-refractivity contribution in [2.24, 2.45) is 5.92 Å². The zero-order valence-electron chi connectivity index (χ0n) is 18.1. The van der Waals surface area contributed by atoms with Crippen molar-refractivity contribution in [1.82, 2.24) is 4.90 Å². The molecule has 2 fully saturated rings. The van der Waals surface area contributed by atoms with Crippen molar-refractivity contribution in [3.05, 3.63) is 65.7 Å². The van der Waals surface area contributed by atoms with Crippen molar-refractivity contribution in [3.63, 3.8) is 0 Å². The number of carbonyl (C=O) groups is 2. The Bertz CT molecular complexity index is 965. The second-order valence-electron chi connectivity index (χ2n) is 8.69. The molecular weight excluding hydrogens is 435 g/mol. The predicted octanol–water partition coefficient (Wildman–Crippen LogP) is 5.67. The van der Waals surface area contributed by atoms with E-state index in [0.717, 1.165) is 24.8 Å². The molecule has 2 atom stereocenters. The molecular formula is C25H26F3NO4. The smallest absolute Gasteiger partial charge is 0.445 e. The number of rotatable bonds is 6. The molecule has 0 N–H and O–H groups in total. The van der Waals surface area contributed by atoms with E-state index < -0.39 is 6.36 Å². The second-order valence-corrected chi connectivity index (χ2v) is 8.69. The van der Waals surface area contributed by atoms with E-state index in [9.17, 15) is 22.8 Å². The summed E-state index contributed by atoms with van der Waals surface area (Å²) in [7, 11) is 0. The molecule has 2 aliphatic heterocycles. The maximum absolute atomic E-state index is 13.0. The predicted molar refractivity (Wildman–Crippen MR) is 114 cm³/mol. The summed E-state index contributed by atoms with van der Waals surface area (Å²) in [5.74, 6) is -0.584. The second kappa shape index (κ2) is 9.85. The number of carbonyl (C=O) groups excluding carboxylic acids is 2. The monoisotopic (exact) mass is 461 g/mol. The van der Waals surface area contributed by atoms with Crippen LogP contribution in [-0.2, 0) is 22.6 Å². The Morgan fingerprint density at radius 2 is 1.61 bits per heavy atom. The van der Waals surface area contributed by atoms with Gasteiger partial charge >= 0.3 is 12.5 Å². The topological polar surface area (TPSA) is 55.8 Å². The molecule has 2 bridgehead atoms. The normalized spacial score (nSPS) is 22.5. The fourth-order valence-electron chi connectivity index (χ4n) is 4.93. The van der Waals surface area contributed by atoms with Gasteiger partial charge in [-0.25, -0.2) is 4.79 Å². The largest absolute Gasteiger partial charge is 0.573 e. The zero-order chi connectivity index (χ0) is 23.4. The molecule has 0 spiro atoms. The number of ether oxygens (including phenoxy) is 2. The number of amides is 1. The minimum atomic E-state index is -4.78. The van der Waals surface area contributed by atoms with Gasteiger partial charge in [-0.15, -0.1) is 13.2 Å². The first-order valence-electron chi connectivity index (χ1n) is 11.1. The summed E-state index contributed by atoms with van der Waals surface area (Å²) in [6.45, 7) is 0.203. The summed E-state index contributed by atoms with van der Waals surface area (Å²) >= 11 is 0. The molecule has 4 rings (SSSR count). The van der Waals surface area contributed by atoms with Crippen LogP contribution in [0.1, 0.15) is 43.2 Å². The number of alkyl halides is 3. The highest BCUT2D eigenvalue weighted by atomic mass is 19.4. The van der Waals surface area contributed by atoms with Gasteiger partial charge in [-0.05, 0) is 55.4 Å². The summed E-state index contributed by atoms with van der Waals surface area (Å²) in [5, 5.41) is 0. The van der Waals surface area contributed by atoms with Gasteiger partial charge < -0.3 is 14.4 Å². The molecule has 2 saturated heterocycles. The van der Waals surface area contributed by atoms with Crippen molar-refractivity contribution in [2.45, 2.75) is 63.6 Å². The molecule has 33 heavy (non-hydrogen) atoms. The molecule has 0 aliphatic carbocycles. The number of benzene rings is 2. The number of halogens is 3. The standard InChI is InChI=1S/C25H26F3NO4/c26-25(27,28)33-22-11-4-8-18(12-22)13-23(30)19-14-20-9-5-10-21(15-19)29(20)24(31)32-16-17-6-2-1-3-7-17/h1-4,6-8,11-12,19-21H,5,9-10,13-16H2. The lowest BCUT2D eigenvalue weighted by molar-refractivity contribution is -0.274. The zero-order valence-corrected chi connectivity index (χ0v) is 18.1. The molecule has 1 amide bonds. The van der Waals surface area contributed by atoms with Gasteiger partial charge in [0.25, 0.3) is 0 Å². The van der Waals surface area contributed by atoms with Crippen LogP contribution in [-0.4, -0.2) is 35.2 Å². The van der Waals surface area contributed by atoms with Gasteiger partial charge in [-0.2, -0.15) is 0 Å². The van der Waals surface area contributed by atoms with Crippen molar-refractivity contribution in [2.75, 3.05) is 0 Å². The fraction of sp³-hybridized carbons (Fsp3) is 0.440. The number of piperidine rings is 2. The number of Topliss-reactive ketones (excluding diaryl/α,β-unsaturated/α-hetero) is 1. The highest BCUT2D eigenvalue weighted by Crippen LogP contribution is 2.38. The lowest BCUT2D eigenvalue weighted by atomic mass is 9.76. The van der Waals surface area contributed by atoms with Crippen LogP contribution >= 0.6 is 0 Å². The van der Waals surface area contributed by atoms with Crippen molar-refractivity contribution in [1.29, 1.82) is 0 Å². The molecule has 0 aromatic heterocycles. The first-order chi connectivity index (χ1) is 15.8. The van der Waals surface area contributed by atoms with E-state index in [2.05, 4.69) is 4.74 Å². The molecule has 0 radical (unpaired) electrons. The Labute approximate surface area is 190 Å². The number of hydrogen-bond donors (Lipinski definition) is 0. The Balaban J connectivity index is 1.36. The molecule has 2 unspecified atom stereocenters. The summed E-state index contributed by atoms with van der Waals surface area (Å²) in [6, 6.07) is 14.9. The van der Waals surface area contributed by atoms with Gasteiger partial charge in [0.15, 0.2) is 0 Å². The Kier molecular flexibility index (Phi) is 6.91. The minimum absolute atomic E-state index is 0.0200. The first kappa shape index (κ1) is 23.1. The molecule has 2 aliphatic rings. The average molecular weight is 461 g/mol. The molecule has 176 valence electrons. The van der Waals surface area contributed by atoms with Crippen LogP contribution in [0.2, 0.25) is 0 Å². The lowest BCUT2D eigenvalue weighted by Gasteiger charge is -2.47. The van der Waals surface area contributed by atoms with Crippen LogP contribution in [0.5, 0.6) is 5.75 Å². The van der Waals surface area contributed by atoms with E-state index in [1.165, 1.54) is 18.2 Å². The number of hydrogen-bond acceptors (Lipinski definition) is 4. The molecule has 0 saturated carbocycles. The third-order valence-electron chi connectivity index (χ3n) is 6.36. The summed E-state index contributed by atoms with van der Waals surface area (Å²) in [5.41, 5.74) is 1.40. The van der Waals surface area contributed by atoms with Gasteiger partial charge in [0.05, 0.1) is 0 Å². The van der Waals surface area contributed by atoms with Crippen molar-refractivity contribution < 1.29 is 32.2 Å². The highest BCUT2D eigenvalue weighted by Gasteiger charge is 2.43. The molecule has 8 heteroatoms. The van der Waals surface area contributed by atoms with Gasteiger partial charge in [-0.1, -0.05) is 42.5 Å². The SMILES string of the molecule is O=C(Cc1cccc(OC(F)(F)F)c1)C1CC2CCCC(C1)N2C(=O)OCc1ccccc1. The summed E-state index contributed by atoms with van der Waals surface area (Å²) in [4.78, 5) is 27.6. The van der Waals surface area contributed by atoms with Crippen molar-refractivity contribution >= 4 is 11.9 Å². The fourth-order valence-corrected chi connectivity index (χ4v) is 4.93. The van der Waals surface area contributed by atoms with Crippen LogP contribution in [0, 0.1) is 5.92 Å². The highest BCUT2D eigenvalue weighted by molar-refractivity contribution is 5.84. The molecule has 2 aromatic rings. The molecule has 2 heterocycles. The van der Waals surface area contributed by atoms with Gasteiger partial charge in [0.2, 0.25) is 0 Å². The quantitative estimate of drug-likeness (QED) is 0.557. The van der Waals surface area contributed by atoms with Crippen LogP contribution < -0.4 is 4.74 Å². The van der Waals surface area contributed by atoms with Crippen LogP contribution in [0.4, 0.5) is 18.0 Å².